The predicted molar refractivity (Wildman–Crippen MR) is 77.6 cm³/mol. The summed E-state index contributed by atoms with van der Waals surface area (Å²) in [6.45, 7) is 3.83. The second kappa shape index (κ2) is 5.88. The molecule has 0 spiro atoms. The molecule has 0 aliphatic carbocycles. The van der Waals surface area contributed by atoms with Crippen molar-refractivity contribution in [2.24, 2.45) is 5.92 Å². The number of nitrogens with one attached hydrogen (secondary N) is 1. The van der Waals surface area contributed by atoms with Crippen LogP contribution in [0.3, 0.4) is 0 Å². The van der Waals surface area contributed by atoms with Crippen LogP contribution < -0.4 is 5.69 Å². The molecule has 0 radical (unpaired) electrons. The molecule has 0 aromatic carbocycles. The average Bonchev–Trinajstić information content (AvgIpc) is 2.79. The largest absolute Gasteiger partial charge is 0.480 e. The number of likely N-dealkylation sites (tertiary alicyclic amines) is 1. The lowest BCUT2D eigenvalue weighted by Crippen LogP contribution is -2.43. The number of aromatic nitrogens is 2. The number of rotatable bonds is 3. The highest BCUT2D eigenvalue weighted by Gasteiger charge is 2.40. The maximum atomic E-state index is 12.7. The number of carboxylic acids is 1. The summed E-state index contributed by atoms with van der Waals surface area (Å²) in [6.07, 6.45) is 2.37. The molecule has 1 fully saturated rings. The van der Waals surface area contributed by atoms with E-state index < -0.39 is 23.6 Å². The molecule has 7 nitrogen and oxygen atoms in total. The lowest BCUT2D eigenvalue weighted by atomic mass is 10.0. The van der Waals surface area contributed by atoms with E-state index in [-0.39, 0.29) is 11.5 Å². The fourth-order valence-electron chi connectivity index (χ4n) is 2.65. The summed E-state index contributed by atoms with van der Waals surface area (Å²) in [5.74, 6) is -1.49. The third-order valence-electron chi connectivity index (χ3n) is 3.71. The Morgan fingerprint density at radius 3 is 2.71 bits per heavy atom. The normalized spacial score (nSPS) is 21.6. The van der Waals surface area contributed by atoms with E-state index in [4.69, 9.17) is 0 Å². The molecule has 1 aromatic heterocycles. The highest BCUT2D eigenvalue weighted by Crippen LogP contribution is 2.28. The van der Waals surface area contributed by atoms with Gasteiger partial charge in [0, 0.05) is 12.2 Å². The Balaban J connectivity index is 2.45. The lowest BCUT2D eigenvalue weighted by Gasteiger charge is -2.24. The molecule has 0 bridgehead atoms. The van der Waals surface area contributed by atoms with Crippen LogP contribution in [0, 0.1) is 12.8 Å². The van der Waals surface area contributed by atoms with Gasteiger partial charge in [-0.1, -0.05) is 6.92 Å². The number of nitrogens with zero attached hydrogens (tertiary/aromatic N) is 2. The van der Waals surface area contributed by atoms with E-state index >= 15 is 0 Å². The highest BCUT2D eigenvalue weighted by atomic mass is 32.2. The molecule has 2 heterocycles. The maximum absolute atomic E-state index is 12.7. The van der Waals surface area contributed by atoms with Crippen molar-refractivity contribution in [1.29, 1.82) is 0 Å². The van der Waals surface area contributed by atoms with E-state index in [1.165, 1.54) is 16.7 Å². The topological polar surface area (TPSA) is 103 Å². The molecule has 2 atom stereocenters. The third-order valence-corrected chi connectivity index (χ3v) is 4.39. The molecule has 1 amide bonds. The van der Waals surface area contributed by atoms with Crippen molar-refractivity contribution in [3.8, 4) is 0 Å². The van der Waals surface area contributed by atoms with Crippen molar-refractivity contribution in [3.05, 3.63) is 21.7 Å². The van der Waals surface area contributed by atoms with Gasteiger partial charge in [-0.05, 0) is 25.5 Å². The summed E-state index contributed by atoms with van der Waals surface area (Å²) in [6, 6.07) is -0.835. The van der Waals surface area contributed by atoms with Gasteiger partial charge in [0.15, 0.2) is 0 Å². The Morgan fingerprint density at radius 2 is 2.14 bits per heavy atom. The molecule has 1 aliphatic heterocycles. The van der Waals surface area contributed by atoms with Crippen LogP contribution in [0.1, 0.15) is 29.4 Å². The van der Waals surface area contributed by atoms with Gasteiger partial charge in [-0.2, -0.15) is 4.98 Å². The molecule has 1 saturated heterocycles. The molecule has 1 aromatic rings. The average molecular weight is 311 g/mol. The molecule has 2 unspecified atom stereocenters. The van der Waals surface area contributed by atoms with E-state index in [0.29, 0.717) is 23.7 Å². The van der Waals surface area contributed by atoms with Crippen molar-refractivity contribution in [3.63, 3.8) is 0 Å². The Labute approximate surface area is 125 Å². The molecule has 0 saturated carbocycles. The molecule has 8 heteroatoms. The minimum Gasteiger partial charge on any atom is -0.480 e. The van der Waals surface area contributed by atoms with Gasteiger partial charge in [0.05, 0.1) is 5.56 Å². The number of aliphatic carboxylic acids is 1. The second-order valence-electron chi connectivity index (χ2n) is 5.10. The second-order valence-corrected chi connectivity index (χ2v) is 5.89. The van der Waals surface area contributed by atoms with Gasteiger partial charge in [-0.25, -0.2) is 9.59 Å². The Morgan fingerprint density at radius 1 is 1.48 bits per heavy atom. The van der Waals surface area contributed by atoms with Crippen molar-refractivity contribution in [2.75, 3.05) is 12.8 Å². The fourth-order valence-corrected chi connectivity index (χ4v) is 3.27. The Hall–Kier alpha value is -1.83. The number of carbonyl (C=O) groups excluding carboxylic acids is 1. The van der Waals surface area contributed by atoms with Gasteiger partial charge in [0.1, 0.15) is 11.1 Å². The molecule has 2 N–H and O–H groups in total. The quantitative estimate of drug-likeness (QED) is 0.630. The van der Waals surface area contributed by atoms with E-state index in [1.807, 2.05) is 6.92 Å². The van der Waals surface area contributed by atoms with E-state index in [0.717, 1.165) is 0 Å². The van der Waals surface area contributed by atoms with Crippen LogP contribution in [-0.4, -0.2) is 50.7 Å². The van der Waals surface area contributed by atoms with Gasteiger partial charge >= 0.3 is 11.7 Å². The Bertz CT molecular complexity index is 643. The van der Waals surface area contributed by atoms with Crippen LogP contribution in [0.25, 0.3) is 0 Å². The predicted octanol–water partition coefficient (Wildman–Crippen LogP) is 0.735. The van der Waals surface area contributed by atoms with Gasteiger partial charge in [0.25, 0.3) is 5.91 Å². The van der Waals surface area contributed by atoms with E-state index in [9.17, 15) is 19.5 Å². The summed E-state index contributed by atoms with van der Waals surface area (Å²) in [4.78, 5) is 43.1. The van der Waals surface area contributed by atoms with Crippen LogP contribution in [0.2, 0.25) is 0 Å². The zero-order valence-electron chi connectivity index (χ0n) is 12.0. The molecular weight excluding hydrogens is 294 g/mol. The monoisotopic (exact) mass is 311 g/mol. The highest BCUT2D eigenvalue weighted by molar-refractivity contribution is 7.98. The van der Waals surface area contributed by atoms with Crippen LogP contribution in [-0.2, 0) is 4.79 Å². The third kappa shape index (κ3) is 2.80. The zero-order chi connectivity index (χ0) is 15.7. The summed E-state index contributed by atoms with van der Waals surface area (Å²) >= 11 is 1.20. The van der Waals surface area contributed by atoms with Crippen LogP contribution in [0.4, 0.5) is 0 Å². The lowest BCUT2D eigenvalue weighted by molar-refractivity contribution is -0.142. The van der Waals surface area contributed by atoms with Gasteiger partial charge in [-0.15, -0.1) is 11.8 Å². The number of aryl methyl sites for hydroxylation is 1. The summed E-state index contributed by atoms with van der Waals surface area (Å²) < 4.78 is 0. The number of hydrogen-bond donors (Lipinski definition) is 2. The van der Waals surface area contributed by atoms with E-state index in [2.05, 4.69) is 9.97 Å². The summed E-state index contributed by atoms with van der Waals surface area (Å²) in [5, 5.41) is 9.64. The van der Waals surface area contributed by atoms with Gasteiger partial charge in [0.2, 0.25) is 0 Å². The SMILES string of the molecule is CSc1nc(=O)[nH]c(C)c1C(=O)N1CCC(C)C1C(=O)O. The first-order chi connectivity index (χ1) is 9.86. The summed E-state index contributed by atoms with van der Waals surface area (Å²) in [7, 11) is 0. The summed E-state index contributed by atoms with van der Waals surface area (Å²) in [5.41, 5.74) is 0.175. The maximum Gasteiger partial charge on any atom is 0.346 e. The zero-order valence-corrected chi connectivity index (χ0v) is 12.9. The fraction of sp³-hybridized carbons (Fsp3) is 0.538. The van der Waals surface area contributed by atoms with Crippen molar-refractivity contribution in [2.45, 2.75) is 31.3 Å². The number of aromatic amines is 1. The van der Waals surface area contributed by atoms with Crippen LogP contribution in [0.5, 0.6) is 0 Å². The van der Waals surface area contributed by atoms with Crippen molar-refractivity contribution < 1.29 is 14.7 Å². The number of carboxylic acid groups (broad SMARTS) is 1. The molecule has 2 rings (SSSR count). The first-order valence-electron chi connectivity index (χ1n) is 6.55. The molecule has 114 valence electrons. The minimum atomic E-state index is -1.01. The van der Waals surface area contributed by atoms with Crippen LogP contribution in [0.15, 0.2) is 9.82 Å². The standard InChI is InChI=1S/C13H17N3O4S/c1-6-4-5-16(9(6)12(18)19)11(17)8-7(2)14-13(20)15-10(8)21-3/h6,9H,4-5H2,1-3H3,(H,18,19)(H,14,15,20). The number of thioether (sulfide) groups is 1. The van der Waals surface area contributed by atoms with Crippen LogP contribution >= 0.6 is 11.8 Å². The molecular formula is C13H17N3O4S. The van der Waals surface area contributed by atoms with Gasteiger partial charge in [-0.3, -0.25) is 4.79 Å². The number of carbonyl (C=O) groups is 2. The number of H-pyrrole nitrogens is 1. The number of amides is 1. The van der Waals surface area contributed by atoms with Crippen molar-refractivity contribution in [1.82, 2.24) is 14.9 Å². The minimum absolute atomic E-state index is 0.0970. The van der Waals surface area contributed by atoms with Crippen molar-refractivity contribution >= 4 is 23.6 Å². The number of hydrogen-bond acceptors (Lipinski definition) is 5. The van der Waals surface area contributed by atoms with E-state index in [1.54, 1.807) is 13.2 Å². The molecule has 21 heavy (non-hydrogen) atoms. The smallest absolute Gasteiger partial charge is 0.346 e. The Kier molecular flexibility index (Phi) is 4.36. The first-order valence-corrected chi connectivity index (χ1v) is 7.78. The molecule has 1 aliphatic rings. The van der Waals surface area contributed by atoms with Gasteiger partial charge < -0.3 is 15.0 Å². The first kappa shape index (κ1) is 15.6.